The van der Waals surface area contributed by atoms with Crippen molar-refractivity contribution >= 4 is 62.4 Å². The van der Waals surface area contributed by atoms with Gasteiger partial charge in [-0.1, -0.05) is 105 Å². The molecular formula is C55H61N7O8. The summed E-state index contributed by atoms with van der Waals surface area (Å²) < 4.78 is 16.0. The summed E-state index contributed by atoms with van der Waals surface area (Å²) in [6, 6.07) is 19.0. The fourth-order valence-corrected chi connectivity index (χ4v) is 7.73. The Labute approximate surface area is 409 Å². The van der Waals surface area contributed by atoms with Crippen LogP contribution in [0.2, 0.25) is 0 Å². The molecule has 0 saturated heterocycles. The van der Waals surface area contributed by atoms with Gasteiger partial charge in [0.15, 0.2) is 0 Å². The van der Waals surface area contributed by atoms with E-state index in [1.165, 1.54) is 37.6 Å². The van der Waals surface area contributed by atoms with Crippen molar-refractivity contribution in [2.45, 2.75) is 118 Å². The average Bonchev–Trinajstić information content (AvgIpc) is 3.39. The van der Waals surface area contributed by atoms with Gasteiger partial charge in [0, 0.05) is 46.0 Å². The smallest absolute Gasteiger partial charge is 0.349 e. The minimum atomic E-state index is -0.745. The van der Waals surface area contributed by atoms with Crippen LogP contribution in [0.25, 0.3) is 33.0 Å². The van der Waals surface area contributed by atoms with Gasteiger partial charge in [0.25, 0.3) is 0 Å². The Morgan fingerprint density at radius 1 is 0.557 bits per heavy atom. The van der Waals surface area contributed by atoms with Crippen LogP contribution in [0.4, 0.5) is 0 Å². The first kappa shape index (κ1) is 54.9. The third-order valence-electron chi connectivity index (χ3n) is 11.8. The zero-order valence-electron chi connectivity index (χ0n) is 40.8. The van der Waals surface area contributed by atoms with Gasteiger partial charge >= 0.3 is 17.9 Å². The summed E-state index contributed by atoms with van der Waals surface area (Å²) in [6.07, 6.45) is 18.0. The largest absolute Gasteiger partial charge is 0.465 e. The van der Waals surface area contributed by atoms with Crippen LogP contribution in [-0.2, 0) is 28.6 Å². The first-order valence-electron chi connectivity index (χ1n) is 24.1. The van der Waals surface area contributed by atoms with E-state index in [1.807, 2.05) is 12.1 Å². The number of esters is 3. The lowest BCUT2D eigenvalue weighted by molar-refractivity contribution is -0.144. The van der Waals surface area contributed by atoms with E-state index >= 15 is 0 Å². The molecule has 0 aliphatic heterocycles. The van der Waals surface area contributed by atoms with Gasteiger partial charge in [-0.15, -0.1) is 0 Å². The van der Waals surface area contributed by atoms with Crippen molar-refractivity contribution in [3.05, 3.63) is 106 Å². The van der Waals surface area contributed by atoms with E-state index < -0.39 is 17.9 Å². The monoisotopic (exact) mass is 947 g/mol. The predicted molar refractivity (Wildman–Crippen MR) is 264 cm³/mol. The van der Waals surface area contributed by atoms with Crippen LogP contribution in [0.1, 0.15) is 150 Å². The van der Waals surface area contributed by atoms with Gasteiger partial charge in [-0.3, -0.25) is 34.3 Å². The molecule has 0 amide bonds. The number of nitriles is 3. The summed E-state index contributed by atoms with van der Waals surface area (Å²) in [5.41, 5.74) is 1.29. The van der Waals surface area contributed by atoms with E-state index in [0.29, 0.717) is 51.9 Å². The van der Waals surface area contributed by atoms with Crippen LogP contribution >= 0.6 is 0 Å². The molecule has 364 valence electrons. The van der Waals surface area contributed by atoms with Gasteiger partial charge in [0.1, 0.15) is 41.1 Å². The summed E-state index contributed by atoms with van der Waals surface area (Å²) in [4.78, 5) is 78.1. The fraction of sp³-hybridized carbons (Fsp3) is 0.418. The van der Waals surface area contributed by atoms with Crippen molar-refractivity contribution in [1.82, 2.24) is 19.9 Å². The lowest BCUT2D eigenvalue weighted by atomic mass is 9.91. The SMILES string of the molecule is CCCCC(CC)COC(=O)CC#N.CCCCCCOC(=O)/C(C#N)=c1\c2cccnc2/c(=C(\C#N)C(=O)OCC(CC)CCCC)c2cccnc12.O=C1c2cccnc2C(=O)c2cccnc21. The molecule has 1 aliphatic rings. The van der Waals surface area contributed by atoms with E-state index in [9.17, 15) is 34.5 Å². The summed E-state index contributed by atoms with van der Waals surface area (Å²) in [7, 11) is 0. The molecule has 15 nitrogen and oxygen atoms in total. The Balaban J connectivity index is 0.000000287. The summed E-state index contributed by atoms with van der Waals surface area (Å²) >= 11 is 0. The highest BCUT2D eigenvalue weighted by atomic mass is 16.5. The number of hydrogen-bond acceptors (Lipinski definition) is 15. The van der Waals surface area contributed by atoms with Gasteiger partial charge < -0.3 is 14.2 Å². The Kier molecular flexibility index (Phi) is 22.9. The molecule has 2 unspecified atom stereocenters. The number of fused-ring (bicyclic) bond motifs is 4. The van der Waals surface area contributed by atoms with E-state index in [4.69, 9.17) is 19.5 Å². The lowest BCUT2D eigenvalue weighted by Crippen LogP contribution is -2.26. The number of carbonyl (C=O) groups excluding carboxylic acids is 5. The fourth-order valence-electron chi connectivity index (χ4n) is 7.73. The molecule has 5 aromatic rings. The normalized spacial score (nSPS) is 12.9. The van der Waals surface area contributed by atoms with Crippen LogP contribution in [0.15, 0.2) is 73.3 Å². The zero-order valence-corrected chi connectivity index (χ0v) is 40.8. The molecule has 2 atom stereocenters. The summed E-state index contributed by atoms with van der Waals surface area (Å²) in [6.45, 7) is 11.4. The van der Waals surface area contributed by atoms with E-state index in [1.54, 1.807) is 54.6 Å². The quantitative estimate of drug-likeness (QED) is 0.0300. The molecule has 0 fully saturated rings. The maximum absolute atomic E-state index is 13.3. The molecule has 15 heteroatoms. The van der Waals surface area contributed by atoms with Gasteiger partial charge in [-0.05, 0) is 67.5 Å². The highest BCUT2D eigenvalue weighted by Gasteiger charge is 2.31. The molecule has 0 bridgehead atoms. The van der Waals surface area contributed by atoms with Crippen LogP contribution in [-0.4, -0.2) is 69.2 Å². The average molecular weight is 948 g/mol. The number of ether oxygens (including phenoxy) is 3. The first-order chi connectivity index (χ1) is 34.0. The highest BCUT2D eigenvalue weighted by Crippen LogP contribution is 2.24. The highest BCUT2D eigenvalue weighted by molar-refractivity contribution is 6.27. The van der Waals surface area contributed by atoms with Crippen LogP contribution in [0, 0.1) is 45.8 Å². The molecule has 0 saturated carbocycles. The second kappa shape index (κ2) is 29.2. The number of rotatable bonds is 20. The molecule has 0 N–H and O–H groups in total. The van der Waals surface area contributed by atoms with Crippen molar-refractivity contribution in [1.29, 1.82) is 15.8 Å². The predicted octanol–water partition coefficient (Wildman–Crippen LogP) is 8.93. The minimum Gasteiger partial charge on any atom is -0.465 e. The number of hydrogen-bond donors (Lipinski definition) is 0. The first-order valence-corrected chi connectivity index (χ1v) is 24.1. The van der Waals surface area contributed by atoms with Crippen molar-refractivity contribution < 1.29 is 38.2 Å². The van der Waals surface area contributed by atoms with E-state index in [-0.39, 0.29) is 70.1 Å². The van der Waals surface area contributed by atoms with E-state index in [0.717, 1.165) is 57.8 Å². The number of pyridine rings is 4. The number of aromatic nitrogens is 4. The standard InChI is InChI=1S/C32H36N4O4.C12H6N2O2.C11H19NO2/c1-4-7-9-10-18-39-31(37)25(19-33)27-23-14-11-17-36-30(23)28(24-15-12-16-35-29(24)27)26(20-34)32(38)40-21-22(6-3)13-8-5-2;15-11-7-3-1-5-13-9(7)12(16)8-4-2-6-14-10(8)11;1-3-5-6-10(4-2)9-14-11(13)7-8-12/h11-12,14-17,22H,4-10,13,18,21H2,1-3H3;1-6H;10H,3-7,9H2,1-2H3/b27-25+,28-26+;;. The maximum Gasteiger partial charge on any atom is 0.349 e. The maximum atomic E-state index is 13.3. The van der Waals surface area contributed by atoms with E-state index in [2.05, 4.69) is 54.6 Å². The Morgan fingerprint density at radius 3 is 1.44 bits per heavy atom. The Hall–Kier alpha value is -7.70. The summed E-state index contributed by atoms with van der Waals surface area (Å²) in [5, 5.41) is 29.8. The molecular weight excluding hydrogens is 887 g/mol. The van der Waals surface area contributed by atoms with Gasteiger partial charge in [-0.2, -0.15) is 15.8 Å². The van der Waals surface area contributed by atoms with Crippen molar-refractivity contribution in [2.75, 3.05) is 19.8 Å². The Bertz CT molecular complexity index is 2730. The van der Waals surface area contributed by atoms with Gasteiger partial charge in [0.2, 0.25) is 11.6 Å². The molecule has 0 spiro atoms. The van der Waals surface area contributed by atoms with Crippen LogP contribution in [0.5, 0.6) is 0 Å². The van der Waals surface area contributed by atoms with Crippen LogP contribution < -0.4 is 10.4 Å². The van der Waals surface area contributed by atoms with Crippen molar-refractivity contribution in [3.63, 3.8) is 0 Å². The molecule has 1 aromatic carbocycles. The second-order valence-electron chi connectivity index (χ2n) is 16.6. The van der Waals surface area contributed by atoms with Gasteiger partial charge in [-0.25, -0.2) is 9.59 Å². The molecule has 6 rings (SSSR count). The number of carbonyl (C=O) groups is 5. The number of benzene rings is 1. The number of nitrogens with zero attached hydrogens (tertiary/aromatic N) is 7. The zero-order chi connectivity index (χ0) is 50.8. The van der Waals surface area contributed by atoms with Gasteiger partial charge in [0.05, 0.1) is 48.1 Å². The Morgan fingerprint density at radius 2 is 1.00 bits per heavy atom. The molecule has 1 aliphatic carbocycles. The van der Waals surface area contributed by atoms with Crippen molar-refractivity contribution in [3.8, 4) is 18.2 Å². The third kappa shape index (κ3) is 14.7. The second-order valence-corrected chi connectivity index (χ2v) is 16.6. The lowest BCUT2D eigenvalue weighted by Gasteiger charge is -2.14. The topological polar surface area (TPSA) is 236 Å². The molecule has 4 aromatic heterocycles. The van der Waals surface area contributed by atoms with Crippen molar-refractivity contribution in [2.24, 2.45) is 11.8 Å². The molecule has 0 radical (unpaired) electrons. The van der Waals surface area contributed by atoms with Crippen LogP contribution in [0.3, 0.4) is 0 Å². The summed E-state index contributed by atoms with van der Waals surface area (Å²) in [5.74, 6) is -1.69. The molecule has 70 heavy (non-hydrogen) atoms. The minimum absolute atomic E-state index is 0.135. The number of ketones is 2. The third-order valence-corrected chi connectivity index (χ3v) is 11.8. The number of unbranched alkanes of at least 4 members (excludes halogenated alkanes) is 5. The molecule has 4 heterocycles.